The number of thiocarbonyl (C=S) groups is 1. The van der Waals surface area contributed by atoms with Gasteiger partial charge in [-0.2, -0.15) is 0 Å². The third kappa shape index (κ3) is 2.14. The molecule has 0 spiro atoms. The minimum absolute atomic E-state index is 0.257. The SMILES string of the molecule is Oc1ccc(C[C@H]2COC(=S)N2)cc1. The monoisotopic (exact) mass is 209 g/mol. The van der Waals surface area contributed by atoms with Crippen LogP contribution in [0.3, 0.4) is 0 Å². The highest BCUT2D eigenvalue weighted by Gasteiger charge is 2.19. The molecular weight excluding hydrogens is 198 g/mol. The highest BCUT2D eigenvalue weighted by atomic mass is 32.1. The quantitative estimate of drug-likeness (QED) is 0.718. The molecule has 0 aliphatic carbocycles. The van der Waals surface area contributed by atoms with Gasteiger partial charge in [-0.1, -0.05) is 12.1 Å². The van der Waals surface area contributed by atoms with E-state index in [0.717, 1.165) is 12.0 Å². The molecule has 1 aromatic carbocycles. The lowest BCUT2D eigenvalue weighted by Gasteiger charge is -2.07. The smallest absolute Gasteiger partial charge is 0.257 e. The van der Waals surface area contributed by atoms with Crippen LogP contribution in [0.2, 0.25) is 0 Å². The average Bonchev–Trinajstić information content (AvgIpc) is 2.56. The van der Waals surface area contributed by atoms with Crippen molar-refractivity contribution in [3.8, 4) is 5.75 Å². The average molecular weight is 209 g/mol. The number of ether oxygens (including phenoxy) is 1. The molecule has 1 aromatic rings. The van der Waals surface area contributed by atoms with E-state index in [0.29, 0.717) is 17.5 Å². The molecule has 0 unspecified atom stereocenters. The van der Waals surface area contributed by atoms with E-state index < -0.39 is 0 Å². The van der Waals surface area contributed by atoms with Crippen molar-refractivity contribution in [3.63, 3.8) is 0 Å². The molecule has 1 fully saturated rings. The molecular formula is C10H11NO2S. The second-order valence-electron chi connectivity index (χ2n) is 3.31. The van der Waals surface area contributed by atoms with Crippen LogP contribution in [0.5, 0.6) is 5.75 Å². The number of aromatic hydroxyl groups is 1. The van der Waals surface area contributed by atoms with Crippen molar-refractivity contribution in [2.24, 2.45) is 0 Å². The maximum absolute atomic E-state index is 9.10. The minimum Gasteiger partial charge on any atom is -0.508 e. The van der Waals surface area contributed by atoms with Crippen LogP contribution in [0.25, 0.3) is 0 Å². The number of phenolic OH excluding ortho intramolecular Hbond substituents is 1. The standard InChI is InChI=1S/C10H11NO2S/c12-9-3-1-7(2-4-9)5-8-6-13-10(14)11-8/h1-4,8,12H,5-6H2,(H,11,14)/t8-/m0/s1. The molecule has 0 saturated carbocycles. The van der Waals surface area contributed by atoms with Crippen molar-refractivity contribution in [1.82, 2.24) is 5.32 Å². The predicted octanol–water partition coefficient (Wildman–Crippen LogP) is 1.21. The van der Waals surface area contributed by atoms with E-state index in [1.807, 2.05) is 12.1 Å². The molecule has 1 heterocycles. The molecule has 1 aliphatic heterocycles. The molecule has 4 heteroatoms. The minimum atomic E-state index is 0.257. The lowest BCUT2D eigenvalue weighted by molar-refractivity contribution is 0.331. The van der Waals surface area contributed by atoms with Crippen LogP contribution in [0.1, 0.15) is 5.56 Å². The zero-order valence-electron chi connectivity index (χ0n) is 7.56. The van der Waals surface area contributed by atoms with Crippen molar-refractivity contribution in [1.29, 1.82) is 0 Å². The summed E-state index contributed by atoms with van der Waals surface area (Å²) in [5.41, 5.74) is 1.16. The number of phenols is 1. The van der Waals surface area contributed by atoms with Crippen LogP contribution in [0.4, 0.5) is 0 Å². The van der Waals surface area contributed by atoms with Gasteiger partial charge >= 0.3 is 0 Å². The highest BCUT2D eigenvalue weighted by Crippen LogP contribution is 2.12. The molecule has 1 aliphatic rings. The van der Waals surface area contributed by atoms with Gasteiger partial charge in [0.1, 0.15) is 12.4 Å². The van der Waals surface area contributed by atoms with E-state index in [-0.39, 0.29) is 6.04 Å². The second-order valence-corrected chi connectivity index (χ2v) is 3.68. The Morgan fingerprint density at radius 1 is 1.43 bits per heavy atom. The van der Waals surface area contributed by atoms with Gasteiger partial charge in [0.05, 0.1) is 6.04 Å². The Kier molecular flexibility index (Phi) is 2.54. The first kappa shape index (κ1) is 9.27. The molecule has 14 heavy (non-hydrogen) atoms. The largest absolute Gasteiger partial charge is 0.508 e. The van der Waals surface area contributed by atoms with Crippen LogP contribution < -0.4 is 5.32 Å². The summed E-state index contributed by atoms with van der Waals surface area (Å²) in [4.78, 5) is 0. The van der Waals surface area contributed by atoms with Crippen molar-refractivity contribution in [2.45, 2.75) is 12.5 Å². The van der Waals surface area contributed by atoms with E-state index in [1.54, 1.807) is 12.1 Å². The molecule has 2 rings (SSSR count). The number of hydrogen-bond acceptors (Lipinski definition) is 3. The van der Waals surface area contributed by atoms with E-state index in [2.05, 4.69) is 5.32 Å². The van der Waals surface area contributed by atoms with Crippen LogP contribution in [0.15, 0.2) is 24.3 Å². The topological polar surface area (TPSA) is 41.5 Å². The van der Waals surface area contributed by atoms with E-state index in [9.17, 15) is 0 Å². The Bertz CT molecular complexity index is 336. The molecule has 74 valence electrons. The van der Waals surface area contributed by atoms with Gasteiger partial charge in [0.25, 0.3) is 5.17 Å². The zero-order chi connectivity index (χ0) is 9.97. The van der Waals surface area contributed by atoms with Gasteiger partial charge < -0.3 is 15.2 Å². The van der Waals surface area contributed by atoms with Gasteiger partial charge in [-0.25, -0.2) is 0 Å². The van der Waals surface area contributed by atoms with Crippen LogP contribution in [-0.2, 0) is 11.2 Å². The van der Waals surface area contributed by atoms with E-state index >= 15 is 0 Å². The van der Waals surface area contributed by atoms with Gasteiger partial charge in [0.15, 0.2) is 0 Å². The second kappa shape index (κ2) is 3.84. The maximum Gasteiger partial charge on any atom is 0.257 e. The van der Waals surface area contributed by atoms with E-state index in [4.69, 9.17) is 22.1 Å². The van der Waals surface area contributed by atoms with Crippen LogP contribution in [-0.4, -0.2) is 22.9 Å². The fourth-order valence-corrected chi connectivity index (χ4v) is 1.69. The predicted molar refractivity (Wildman–Crippen MR) is 57.3 cm³/mol. The van der Waals surface area contributed by atoms with Crippen molar-refractivity contribution >= 4 is 17.4 Å². The van der Waals surface area contributed by atoms with Crippen LogP contribution in [0, 0.1) is 0 Å². The van der Waals surface area contributed by atoms with Gasteiger partial charge in [-0.05, 0) is 36.3 Å². The molecule has 0 aromatic heterocycles. The third-order valence-electron chi connectivity index (χ3n) is 2.16. The van der Waals surface area contributed by atoms with Crippen LogP contribution >= 0.6 is 12.2 Å². The fourth-order valence-electron chi connectivity index (χ4n) is 1.45. The van der Waals surface area contributed by atoms with E-state index in [1.165, 1.54) is 0 Å². The van der Waals surface area contributed by atoms with Crippen molar-refractivity contribution < 1.29 is 9.84 Å². The maximum atomic E-state index is 9.10. The Hall–Kier alpha value is -1.29. The number of nitrogens with one attached hydrogen (secondary N) is 1. The first-order chi connectivity index (χ1) is 6.74. The summed E-state index contributed by atoms with van der Waals surface area (Å²) in [6.45, 7) is 0.625. The summed E-state index contributed by atoms with van der Waals surface area (Å²) >= 11 is 4.86. The summed E-state index contributed by atoms with van der Waals surface area (Å²) in [5.74, 6) is 0.292. The summed E-state index contributed by atoms with van der Waals surface area (Å²) in [7, 11) is 0. The third-order valence-corrected chi connectivity index (χ3v) is 2.39. The Morgan fingerprint density at radius 2 is 2.14 bits per heavy atom. The molecule has 3 nitrogen and oxygen atoms in total. The van der Waals surface area contributed by atoms with Gasteiger partial charge in [-0.15, -0.1) is 0 Å². The first-order valence-electron chi connectivity index (χ1n) is 4.45. The Morgan fingerprint density at radius 3 is 2.71 bits per heavy atom. The molecule has 1 atom stereocenters. The first-order valence-corrected chi connectivity index (χ1v) is 4.86. The molecule has 0 bridgehead atoms. The van der Waals surface area contributed by atoms with Crippen molar-refractivity contribution in [2.75, 3.05) is 6.61 Å². The molecule has 0 amide bonds. The number of benzene rings is 1. The van der Waals surface area contributed by atoms with Crippen molar-refractivity contribution in [3.05, 3.63) is 29.8 Å². The fraction of sp³-hybridized carbons (Fsp3) is 0.300. The lowest BCUT2D eigenvalue weighted by atomic mass is 10.1. The Labute approximate surface area is 87.7 Å². The highest BCUT2D eigenvalue weighted by molar-refractivity contribution is 7.80. The summed E-state index contributed by atoms with van der Waals surface area (Å²) in [5, 5.41) is 12.6. The number of rotatable bonds is 2. The molecule has 2 N–H and O–H groups in total. The molecule has 1 saturated heterocycles. The summed E-state index contributed by atoms with van der Waals surface area (Å²) < 4.78 is 5.13. The summed E-state index contributed by atoms with van der Waals surface area (Å²) in [6, 6.07) is 7.43. The van der Waals surface area contributed by atoms with Gasteiger partial charge in [-0.3, -0.25) is 0 Å². The van der Waals surface area contributed by atoms with Gasteiger partial charge in [0, 0.05) is 0 Å². The van der Waals surface area contributed by atoms with Gasteiger partial charge in [0.2, 0.25) is 0 Å². The summed E-state index contributed by atoms with van der Waals surface area (Å²) in [6.07, 6.45) is 0.862. The number of hydrogen-bond donors (Lipinski definition) is 2. The molecule has 0 radical (unpaired) electrons. The normalized spacial score (nSPS) is 20.3. The lowest BCUT2D eigenvalue weighted by Crippen LogP contribution is -2.27. The Balaban J connectivity index is 1.97. The zero-order valence-corrected chi connectivity index (χ0v) is 8.38.